The van der Waals surface area contributed by atoms with E-state index in [2.05, 4.69) is 5.10 Å². The molecule has 1 N–H and O–H groups in total. The zero-order valence-corrected chi connectivity index (χ0v) is 10.9. The number of aromatic nitrogens is 2. The third kappa shape index (κ3) is 2.68. The Bertz CT molecular complexity index is 756. The molecule has 0 aliphatic heterocycles. The zero-order chi connectivity index (χ0) is 14.8. The van der Waals surface area contributed by atoms with E-state index in [1.54, 1.807) is 10.9 Å². The van der Waals surface area contributed by atoms with Crippen molar-refractivity contribution in [1.82, 2.24) is 9.78 Å². The molecule has 0 aliphatic rings. The summed E-state index contributed by atoms with van der Waals surface area (Å²) in [6.07, 6.45) is 1.88. The summed E-state index contributed by atoms with van der Waals surface area (Å²) in [5, 5.41) is 14.3. The Balaban J connectivity index is 1.92. The van der Waals surface area contributed by atoms with Crippen molar-refractivity contribution in [2.75, 3.05) is 0 Å². The number of rotatable bonds is 3. The van der Waals surface area contributed by atoms with Crippen LogP contribution in [-0.2, 0) is 0 Å². The molecule has 3 nitrogen and oxygen atoms in total. The van der Waals surface area contributed by atoms with Crippen LogP contribution in [0.4, 0.5) is 8.78 Å². The van der Waals surface area contributed by atoms with Crippen molar-refractivity contribution >= 4 is 0 Å². The van der Waals surface area contributed by atoms with Crippen LogP contribution in [0.5, 0.6) is 0 Å². The Labute approximate surface area is 120 Å². The molecule has 106 valence electrons. The molecule has 1 atom stereocenters. The Morgan fingerprint density at radius 1 is 1.05 bits per heavy atom. The summed E-state index contributed by atoms with van der Waals surface area (Å²) in [6, 6.07) is 12.4. The monoisotopic (exact) mass is 286 g/mol. The highest BCUT2D eigenvalue weighted by molar-refractivity contribution is 5.34. The van der Waals surface area contributed by atoms with Gasteiger partial charge in [0, 0.05) is 23.4 Å². The van der Waals surface area contributed by atoms with Crippen LogP contribution in [0.25, 0.3) is 5.69 Å². The molecule has 3 aromatic rings. The van der Waals surface area contributed by atoms with Crippen molar-refractivity contribution in [3.05, 3.63) is 83.7 Å². The molecule has 0 saturated heterocycles. The molecule has 2 aromatic carbocycles. The Morgan fingerprint density at radius 2 is 1.81 bits per heavy atom. The highest BCUT2D eigenvalue weighted by Gasteiger charge is 2.17. The minimum absolute atomic E-state index is 0.0176. The molecule has 1 unspecified atom stereocenters. The molecule has 1 heterocycles. The topological polar surface area (TPSA) is 38.1 Å². The van der Waals surface area contributed by atoms with E-state index in [0.29, 0.717) is 5.56 Å². The molecule has 0 saturated carbocycles. The highest BCUT2D eigenvalue weighted by atomic mass is 19.1. The normalized spacial score (nSPS) is 12.3. The van der Waals surface area contributed by atoms with E-state index >= 15 is 0 Å². The second kappa shape index (κ2) is 5.46. The van der Waals surface area contributed by atoms with Crippen LogP contribution in [0.3, 0.4) is 0 Å². The summed E-state index contributed by atoms with van der Waals surface area (Å²) >= 11 is 0. The predicted molar refractivity (Wildman–Crippen MR) is 74.0 cm³/mol. The number of hydrogen-bond donors (Lipinski definition) is 1. The molecule has 0 spiro atoms. The largest absolute Gasteiger partial charge is 0.383 e. The fraction of sp³-hybridized carbons (Fsp3) is 0.0625. The van der Waals surface area contributed by atoms with Crippen molar-refractivity contribution in [2.45, 2.75) is 6.10 Å². The van der Waals surface area contributed by atoms with Crippen molar-refractivity contribution in [3.8, 4) is 5.69 Å². The van der Waals surface area contributed by atoms with E-state index < -0.39 is 17.7 Å². The van der Waals surface area contributed by atoms with Gasteiger partial charge >= 0.3 is 0 Å². The standard InChI is InChI=1S/C16H12F2N2O/c17-12-6-7-14(15(18)8-12)16(21)11-9-19-20(10-11)13-4-2-1-3-5-13/h1-10,16,21H. The van der Waals surface area contributed by atoms with Gasteiger partial charge in [0.2, 0.25) is 0 Å². The lowest BCUT2D eigenvalue weighted by Gasteiger charge is -2.09. The van der Waals surface area contributed by atoms with Crippen LogP contribution in [-0.4, -0.2) is 14.9 Å². The number of benzene rings is 2. The quantitative estimate of drug-likeness (QED) is 0.802. The number of hydrogen-bond acceptors (Lipinski definition) is 2. The van der Waals surface area contributed by atoms with Gasteiger partial charge in [0.25, 0.3) is 0 Å². The second-order valence-electron chi connectivity index (χ2n) is 4.62. The third-order valence-electron chi connectivity index (χ3n) is 3.20. The van der Waals surface area contributed by atoms with Crippen LogP contribution in [0, 0.1) is 11.6 Å². The fourth-order valence-electron chi connectivity index (χ4n) is 2.10. The molecule has 0 bridgehead atoms. The molecule has 0 amide bonds. The van der Waals surface area contributed by atoms with Crippen molar-refractivity contribution in [1.29, 1.82) is 0 Å². The van der Waals surface area contributed by atoms with Gasteiger partial charge in [0.1, 0.15) is 17.7 Å². The maximum Gasteiger partial charge on any atom is 0.132 e. The van der Waals surface area contributed by atoms with Crippen LogP contribution in [0.2, 0.25) is 0 Å². The molecule has 21 heavy (non-hydrogen) atoms. The van der Waals surface area contributed by atoms with Crippen molar-refractivity contribution < 1.29 is 13.9 Å². The summed E-state index contributed by atoms with van der Waals surface area (Å²) in [6.45, 7) is 0. The second-order valence-corrected chi connectivity index (χ2v) is 4.62. The zero-order valence-electron chi connectivity index (χ0n) is 10.9. The van der Waals surface area contributed by atoms with E-state index in [9.17, 15) is 13.9 Å². The summed E-state index contributed by atoms with van der Waals surface area (Å²) in [4.78, 5) is 0. The maximum absolute atomic E-state index is 13.7. The first-order valence-electron chi connectivity index (χ1n) is 6.38. The van der Waals surface area contributed by atoms with Gasteiger partial charge in [-0.1, -0.05) is 24.3 Å². The van der Waals surface area contributed by atoms with Gasteiger partial charge in [-0.3, -0.25) is 0 Å². The van der Waals surface area contributed by atoms with E-state index in [1.807, 2.05) is 30.3 Å². The molecular formula is C16H12F2N2O. The minimum Gasteiger partial charge on any atom is -0.383 e. The van der Waals surface area contributed by atoms with Crippen LogP contribution in [0.1, 0.15) is 17.2 Å². The van der Waals surface area contributed by atoms with E-state index in [0.717, 1.165) is 17.8 Å². The molecular weight excluding hydrogens is 274 g/mol. The lowest BCUT2D eigenvalue weighted by molar-refractivity contribution is 0.214. The molecule has 0 aliphatic carbocycles. The smallest absolute Gasteiger partial charge is 0.132 e. The number of nitrogens with zero attached hydrogens (tertiary/aromatic N) is 2. The van der Waals surface area contributed by atoms with Crippen molar-refractivity contribution in [2.24, 2.45) is 0 Å². The predicted octanol–water partition coefficient (Wildman–Crippen LogP) is 3.23. The van der Waals surface area contributed by atoms with Gasteiger partial charge in [-0.15, -0.1) is 0 Å². The summed E-state index contributed by atoms with van der Waals surface area (Å²) < 4.78 is 28.2. The average molecular weight is 286 g/mol. The number of aliphatic hydroxyl groups excluding tert-OH is 1. The van der Waals surface area contributed by atoms with E-state index in [-0.39, 0.29) is 5.56 Å². The average Bonchev–Trinajstić information content (AvgIpc) is 2.97. The van der Waals surface area contributed by atoms with Gasteiger partial charge in [-0.2, -0.15) is 5.10 Å². The molecule has 0 fully saturated rings. The first-order chi connectivity index (χ1) is 10.1. The molecule has 3 rings (SSSR count). The van der Waals surface area contributed by atoms with Crippen LogP contribution >= 0.6 is 0 Å². The van der Waals surface area contributed by atoms with Gasteiger partial charge in [0.05, 0.1) is 11.9 Å². The Morgan fingerprint density at radius 3 is 2.52 bits per heavy atom. The SMILES string of the molecule is OC(c1cnn(-c2ccccc2)c1)c1ccc(F)cc1F. The molecule has 0 radical (unpaired) electrons. The molecule has 1 aromatic heterocycles. The van der Waals surface area contributed by atoms with E-state index in [1.165, 1.54) is 12.3 Å². The first-order valence-corrected chi connectivity index (χ1v) is 6.38. The number of aliphatic hydroxyl groups is 1. The lowest BCUT2D eigenvalue weighted by atomic mass is 10.0. The fourth-order valence-corrected chi connectivity index (χ4v) is 2.10. The summed E-state index contributed by atoms with van der Waals surface area (Å²) in [5.41, 5.74) is 1.28. The maximum atomic E-state index is 13.7. The van der Waals surface area contributed by atoms with Crippen molar-refractivity contribution in [3.63, 3.8) is 0 Å². The van der Waals surface area contributed by atoms with Gasteiger partial charge < -0.3 is 5.11 Å². The first kappa shape index (κ1) is 13.5. The van der Waals surface area contributed by atoms with E-state index in [4.69, 9.17) is 0 Å². The number of para-hydroxylation sites is 1. The van der Waals surface area contributed by atoms with Gasteiger partial charge in [-0.25, -0.2) is 13.5 Å². The Hall–Kier alpha value is -2.53. The molecule has 5 heteroatoms. The third-order valence-corrected chi connectivity index (χ3v) is 3.20. The summed E-state index contributed by atoms with van der Waals surface area (Å²) in [7, 11) is 0. The van der Waals surface area contributed by atoms with Gasteiger partial charge in [0.15, 0.2) is 0 Å². The van der Waals surface area contributed by atoms with Gasteiger partial charge in [-0.05, 0) is 18.2 Å². The summed E-state index contributed by atoms with van der Waals surface area (Å²) in [5.74, 6) is -1.46. The Kier molecular flexibility index (Phi) is 3.50. The van der Waals surface area contributed by atoms with Crippen LogP contribution < -0.4 is 0 Å². The highest BCUT2D eigenvalue weighted by Crippen LogP contribution is 2.25. The van der Waals surface area contributed by atoms with Crippen LogP contribution in [0.15, 0.2) is 60.9 Å². The number of halogens is 2. The lowest BCUT2D eigenvalue weighted by Crippen LogP contribution is -2.02. The minimum atomic E-state index is -1.19.